The van der Waals surface area contributed by atoms with Crippen molar-refractivity contribution < 1.29 is 19.8 Å². The van der Waals surface area contributed by atoms with Crippen molar-refractivity contribution in [3.63, 3.8) is 0 Å². The van der Waals surface area contributed by atoms with E-state index in [1.165, 1.54) is 0 Å². The van der Waals surface area contributed by atoms with E-state index in [0.717, 1.165) is 0 Å². The molecule has 0 unspecified atom stereocenters. The molecule has 0 rings (SSSR count). The zero-order valence-electron chi connectivity index (χ0n) is 6.53. The van der Waals surface area contributed by atoms with Crippen LogP contribution in [0.1, 0.15) is 26.7 Å². The molecule has 4 nitrogen and oxygen atoms in total. The molecule has 0 saturated heterocycles. The fraction of sp³-hybridized carbons (Fsp3) is 0.667. The molecule has 0 spiro atoms. The van der Waals surface area contributed by atoms with Gasteiger partial charge in [-0.2, -0.15) is 0 Å². The van der Waals surface area contributed by atoms with Crippen molar-refractivity contribution in [3.05, 3.63) is 0 Å². The smallest absolute Gasteiger partial charge is 0.303 e. The average Bonchev–Trinajstić information content (AvgIpc) is 1.89. The SMILES string of the molecule is CCC(=O)O.CCC(=O)O.[S]. The van der Waals surface area contributed by atoms with Gasteiger partial charge in [-0.1, -0.05) is 13.8 Å². The van der Waals surface area contributed by atoms with Crippen LogP contribution in [0, 0.1) is 0 Å². The van der Waals surface area contributed by atoms with E-state index < -0.39 is 11.9 Å². The highest BCUT2D eigenvalue weighted by atomic mass is 32.1. The molecule has 66 valence electrons. The molecule has 0 saturated carbocycles. The lowest BCUT2D eigenvalue weighted by atomic mass is 10.5. The van der Waals surface area contributed by atoms with Crippen LogP contribution in [0.15, 0.2) is 0 Å². The standard InChI is InChI=1S/2C3H6O2.S/c2*1-2-3(4)5;/h2*2H2,1H3,(H,4,5);. The summed E-state index contributed by atoms with van der Waals surface area (Å²) in [6.45, 7) is 3.20. The van der Waals surface area contributed by atoms with Crippen molar-refractivity contribution in [3.8, 4) is 0 Å². The van der Waals surface area contributed by atoms with Crippen molar-refractivity contribution in [1.29, 1.82) is 0 Å². The van der Waals surface area contributed by atoms with Crippen molar-refractivity contribution in [2.75, 3.05) is 0 Å². The maximum absolute atomic E-state index is 9.37. The molecule has 2 radical (unpaired) electrons. The Balaban J connectivity index is -0.000000107. The summed E-state index contributed by atoms with van der Waals surface area (Å²) in [6, 6.07) is 0. The molecule has 11 heavy (non-hydrogen) atoms. The molecule has 0 fully saturated rings. The Kier molecular flexibility index (Phi) is 18.3. The number of carboxylic acids is 2. The first-order valence-electron chi connectivity index (χ1n) is 2.98. The molecule has 0 heterocycles. The van der Waals surface area contributed by atoms with E-state index in [-0.39, 0.29) is 26.3 Å². The predicted octanol–water partition coefficient (Wildman–Crippen LogP) is 1.61. The summed E-state index contributed by atoms with van der Waals surface area (Å²) < 4.78 is 0. The van der Waals surface area contributed by atoms with Crippen LogP contribution >= 0.6 is 13.5 Å². The number of carboxylic acid groups (broad SMARTS) is 2. The monoisotopic (exact) mass is 180 g/mol. The topological polar surface area (TPSA) is 74.6 Å². The molecular formula is C6H12O4S. The summed E-state index contributed by atoms with van der Waals surface area (Å²) in [5.74, 6) is -1.49. The number of hydrogen-bond donors (Lipinski definition) is 2. The van der Waals surface area contributed by atoms with Gasteiger partial charge in [0.15, 0.2) is 0 Å². The van der Waals surface area contributed by atoms with Crippen molar-refractivity contribution in [2.45, 2.75) is 26.7 Å². The molecule has 0 aromatic heterocycles. The van der Waals surface area contributed by atoms with E-state index in [0.29, 0.717) is 0 Å². The van der Waals surface area contributed by atoms with Crippen molar-refractivity contribution in [2.24, 2.45) is 0 Å². The van der Waals surface area contributed by atoms with Crippen molar-refractivity contribution in [1.82, 2.24) is 0 Å². The minimum absolute atomic E-state index is 0. The Morgan fingerprint density at radius 3 is 1.09 bits per heavy atom. The first-order chi connectivity index (χ1) is 4.54. The summed E-state index contributed by atoms with van der Waals surface area (Å²) >= 11 is 0. The predicted molar refractivity (Wildman–Crippen MR) is 43.4 cm³/mol. The van der Waals surface area contributed by atoms with E-state index >= 15 is 0 Å². The van der Waals surface area contributed by atoms with Crippen molar-refractivity contribution >= 4 is 25.4 Å². The summed E-state index contributed by atoms with van der Waals surface area (Å²) in [7, 11) is 0. The summed E-state index contributed by atoms with van der Waals surface area (Å²) in [5, 5.41) is 15.4. The van der Waals surface area contributed by atoms with Crippen LogP contribution < -0.4 is 0 Å². The van der Waals surface area contributed by atoms with Crippen LogP contribution in [0.2, 0.25) is 0 Å². The molecule has 2 N–H and O–H groups in total. The molecule has 0 bridgehead atoms. The van der Waals surface area contributed by atoms with Gasteiger partial charge < -0.3 is 10.2 Å². The fourth-order valence-corrected chi connectivity index (χ4v) is 0. The molecule has 0 atom stereocenters. The lowest BCUT2D eigenvalue weighted by Gasteiger charge is -1.71. The molecule has 0 aromatic carbocycles. The Hall–Kier alpha value is -0.710. The van der Waals surface area contributed by atoms with E-state index in [4.69, 9.17) is 10.2 Å². The average molecular weight is 180 g/mol. The Morgan fingerprint density at radius 1 is 1.00 bits per heavy atom. The number of hydrogen-bond acceptors (Lipinski definition) is 2. The van der Waals surface area contributed by atoms with Crippen LogP contribution in [0.3, 0.4) is 0 Å². The van der Waals surface area contributed by atoms with Crippen LogP contribution in [0.25, 0.3) is 0 Å². The van der Waals surface area contributed by atoms with E-state index in [1.54, 1.807) is 13.8 Å². The van der Waals surface area contributed by atoms with Crippen LogP contribution in [-0.2, 0) is 9.59 Å². The zero-order chi connectivity index (χ0) is 8.57. The fourth-order valence-electron chi connectivity index (χ4n) is 0. The van der Waals surface area contributed by atoms with Gasteiger partial charge in [-0.3, -0.25) is 9.59 Å². The third-order valence-corrected chi connectivity index (χ3v) is 0.605. The molecule has 0 aromatic rings. The first kappa shape index (κ1) is 16.7. The maximum Gasteiger partial charge on any atom is 0.303 e. The first-order valence-corrected chi connectivity index (χ1v) is 2.98. The third kappa shape index (κ3) is 45.6. The molecule has 0 aliphatic heterocycles. The summed E-state index contributed by atoms with van der Waals surface area (Å²) in [6.07, 6.45) is 0.444. The molecule has 0 amide bonds. The molecule has 0 aliphatic carbocycles. The van der Waals surface area contributed by atoms with Crippen LogP contribution in [0.5, 0.6) is 0 Å². The molecule has 0 aliphatic rings. The molecule has 5 heteroatoms. The van der Waals surface area contributed by atoms with Crippen LogP contribution in [0.4, 0.5) is 0 Å². The number of carbonyl (C=O) groups is 2. The van der Waals surface area contributed by atoms with E-state index in [2.05, 4.69) is 0 Å². The highest BCUT2D eigenvalue weighted by molar-refractivity contribution is 7.59. The third-order valence-electron chi connectivity index (χ3n) is 0.605. The molecular weight excluding hydrogens is 168 g/mol. The highest BCUT2D eigenvalue weighted by Crippen LogP contribution is 1.67. The number of rotatable bonds is 2. The highest BCUT2D eigenvalue weighted by Gasteiger charge is 1.81. The summed E-state index contributed by atoms with van der Waals surface area (Å²) in [5.41, 5.74) is 0. The second kappa shape index (κ2) is 12.0. The minimum Gasteiger partial charge on any atom is -0.481 e. The van der Waals surface area contributed by atoms with E-state index in [1.807, 2.05) is 0 Å². The minimum atomic E-state index is -0.745. The lowest BCUT2D eigenvalue weighted by Crippen LogP contribution is -1.86. The van der Waals surface area contributed by atoms with Gasteiger partial charge in [-0.05, 0) is 0 Å². The van der Waals surface area contributed by atoms with Gasteiger partial charge in [-0.15, -0.1) is 0 Å². The van der Waals surface area contributed by atoms with Gasteiger partial charge >= 0.3 is 11.9 Å². The van der Waals surface area contributed by atoms with Gasteiger partial charge in [0.1, 0.15) is 0 Å². The van der Waals surface area contributed by atoms with E-state index in [9.17, 15) is 9.59 Å². The summed E-state index contributed by atoms with van der Waals surface area (Å²) in [4.78, 5) is 18.7. The van der Waals surface area contributed by atoms with Gasteiger partial charge in [0.05, 0.1) is 0 Å². The lowest BCUT2D eigenvalue weighted by molar-refractivity contribution is -0.137. The van der Waals surface area contributed by atoms with Gasteiger partial charge in [0.2, 0.25) is 0 Å². The second-order valence-electron chi connectivity index (χ2n) is 1.49. The quantitative estimate of drug-likeness (QED) is 0.677. The number of aliphatic carboxylic acids is 2. The Morgan fingerprint density at radius 2 is 1.09 bits per heavy atom. The normalized spacial score (nSPS) is 6.73. The van der Waals surface area contributed by atoms with Crippen LogP contribution in [-0.4, -0.2) is 22.2 Å². The Bertz CT molecular complexity index is 99.1. The zero-order valence-corrected chi connectivity index (χ0v) is 7.35. The maximum atomic E-state index is 9.37. The largest absolute Gasteiger partial charge is 0.481 e. The van der Waals surface area contributed by atoms with Gasteiger partial charge in [-0.25, -0.2) is 0 Å². The van der Waals surface area contributed by atoms with Gasteiger partial charge in [0, 0.05) is 26.3 Å². The van der Waals surface area contributed by atoms with Gasteiger partial charge in [0.25, 0.3) is 0 Å². The second-order valence-corrected chi connectivity index (χ2v) is 1.49. The Labute approximate surface area is 72.7 Å².